The molecule has 0 bridgehead atoms. The molecule has 24 heavy (non-hydrogen) atoms. The van der Waals surface area contributed by atoms with Gasteiger partial charge in [0.1, 0.15) is 5.60 Å². The Morgan fingerprint density at radius 3 is 1.75 bits per heavy atom. The predicted octanol–water partition coefficient (Wildman–Crippen LogP) is 0.960. The number of aliphatic hydroxyl groups excluding tert-OH is 1. The maximum absolute atomic E-state index is 11.3. The minimum absolute atomic E-state index is 0.147. The lowest BCUT2D eigenvalue weighted by molar-refractivity contribution is -0.00291. The van der Waals surface area contributed by atoms with E-state index < -0.39 is 11.7 Å². The standard InChI is InChI=1S/C16H33NO7/c1-16(2,3)24-15(19)17-5-8-21-10-12-23-14-13-22-11-9-20-7-4-6-18/h18H,4-14H2,1-3H3,(H,17,19). The van der Waals surface area contributed by atoms with Crippen LogP contribution in [0.25, 0.3) is 0 Å². The maximum Gasteiger partial charge on any atom is 0.407 e. The fraction of sp³-hybridized carbons (Fsp3) is 0.938. The zero-order valence-electron chi connectivity index (χ0n) is 15.2. The molecule has 0 fully saturated rings. The van der Waals surface area contributed by atoms with Crippen molar-refractivity contribution >= 4 is 6.09 Å². The van der Waals surface area contributed by atoms with Crippen molar-refractivity contribution in [3.05, 3.63) is 0 Å². The van der Waals surface area contributed by atoms with E-state index in [-0.39, 0.29) is 6.61 Å². The number of nitrogens with one attached hydrogen (secondary N) is 1. The van der Waals surface area contributed by atoms with Gasteiger partial charge in [0.15, 0.2) is 0 Å². The monoisotopic (exact) mass is 351 g/mol. The number of carbonyl (C=O) groups is 1. The highest BCUT2D eigenvalue weighted by Gasteiger charge is 2.15. The Bertz CT molecular complexity index is 295. The van der Waals surface area contributed by atoms with Crippen LogP contribution < -0.4 is 5.32 Å². The molecule has 0 aromatic carbocycles. The van der Waals surface area contributed by atoms with Gasteiger partial charge in [-0.05, 0) is 27.2 Å². The number of amides is 1. The Balaban J connectivity index is 3.14. The first-order chi connectivity index (χ1) is 11.5. The van der Waals surface area contributed by atoms with Gasteiger partial charge in [0.05, 0.1) is 46.2 Å². The number of hydrogen-bond donors (Lipinski definition) is 2. The highest BCUT2D eigenvalue weighted by atomic mass is 16.6. The topological polar surface area (TPSA) is 95.5 Å². The molecule has 8 nitrogen and oxygen atoms in total. The summed E-state index contributed by atoms with van der Waals surface area (Å²) in [6.07, 6.45) is 0.205. The van der Waals surface area contributed by atoms with Crippen molar-refractivity contribution in [2.45, 2.75) is 32.8 Å². The lowest BCUT2D eigenvalue weighted by atomic mass is 10.2. The zero-order valence-corrected chi connectivity index (χ0v) is 15.2. The molecule has 144 valence electrons. The zero-order chi connectivity index (χ0) is 18.1. The first-order valence-corrected chi connectivity index (χ1v) is 8.34. The molecule has 1 amide bonds. The van der Waals surface area contributed by atoms with Crippen LogP contribution in [0.15, 0.2) is 0 Å². The molecular weight excluding hydrogens is 318 g/mol. The third kappa shape index (κ3) is 19.1. The van der Waals surface area contributed by atoms with Crippen LogP contribution in [0.4, 0.5) is 4.79 Å². The molecule has 0 saturated carbocycles. The Hall–Kier alpha value is -0.930. The second-order valence-electron chi connectivity index (χ2n) is 5.96. The van der Waals surface area contributed by atoms with Crippen molar-refractivity contribution in [2.24, 2.45) is 0 Å². The molecule has 0 rings (SSSR count). The quantitative estimate of drug-likeness (QED) is 0.424. The van der Waals surface area contributed by atoms with Crippen molar-refractivity contribution in [1.29, 1.82) is 0 Å². The van der Waals surface area contributed by atoms with E-state index >= 15 is 0 Å². The van der Waals surface area contributed by atoms with E-state index in [0.29, 0.717) is 65.8 Å². The SMILES string of the molecule is CC(C)(C)OC(=O)NCCOCCOCCOCCOCCCO. The van der Waals surface area contributed by atoms with Crippen LogP contribution in [-0.4, -0.2) is 82.8 Å². The Morgan fingerprint density at radius 1 is 0.833 bits per heavy atom. The van der Waals surface area contributed by atoms with E-state index in [0.717, 1.165) is 0 Å². The average molecular weight is 351 g/mol. The molecule has 0 atom stereocenters. The van der Waals surface area contributed by atoms with Gasteiger partial charge in [-0.1, -0.05) is 0 Å². The molecule has 0 aliphatic carbocycles. The van der Waals surface area contributed by atoms with Crippen LogP contribution in [0, 0.1) is 0 Å². The summed E-state index contributed by atoms with van der Waals surface area (Å²) in [6, 6.07) is 0. The highest BCUT2D eigenvalue weighted by molar-refractivity contribution is 5.67. The van der Waals surface area contributed by atoms with Crippen LogP contribution in [-0.2, 0) is 23.7 Å². The second kappa shape index (κ2) is 15.6. The Kier molecular flexibility index (Phi) is 15.0. The summed E-state index contributed by atoms with van der Waals surface area (Å²) in [5.41, 5.74) is -0.494. The molecule has 0 saturated heterocycles. The minimum atomic E-state index is -0.494. The van der Waals surface area contributed by atoms with Crippen LogP contribution in [0.2, 0.25) is 0 Å². The van der Waals surface area contributed by atoms with Crippen LogP contribution in [0.3, 0.4) is 0 Å². The number of rotatable bonds is 15. The molecule has 0 radical (unpaired) electrons. The summed E-state index contributed by atoms with van der Waals surface area (Å²) in [4.78, 5) is 11.3. The van der Waals surface area contributed by atoms with E-state index in [1.807, 2.05) is 20.8 Å². The Labute approximate surface area is 144 Å². The van der Waals surface area contributed by atoms with Gasteiger partial charge in [-0.25, -0.2) is 4.79 Å². The number of aliphatic hydroxyl groups is 1. The first kappa shape index (κ1) is 23.1. The normalized spacial score (nSPS) is 11.5. The van der Waals surface area contributed by atoms with Gasteiger partial charge in [-0.3, -0.25) is 0 Å². The minimum Gasteiger partial charge on any atom is -0.444 e. The third-order valence-corrected chi connectivity index (χ3v) is 2.48. The highest BCUT2D eigenvalue weighted by Crippen LogP contribution is 2.05. The van der Waals surface area contributed by atoms with Gasteiger partial charge in [0.2, 0.25) is 0 Å². The summed E-state index contributed by atoms with van der Waals surface area (Å²) in [5, 5.41) is 11.2. The van der Waals surface area contributed by atoms with Gasteiger partial charge in [0, 0.05) is 19.8 Å². The molecule has 0 aromatic rings. The van der Waals surface area contributed by atoms with E-state index in [2.05, 4.69) is 5.32 Å². The number of hydrogen-bond acceptors (Lipinski definition) is 7. The van der Waals surface area contributed by atoms with E-state index in [9.17, 15) is 4.79 Å². The summed E-state index contributed by atoms with van der Waals surface area (Å²) < 4.78 is 26.3. The predicted molar refractivity (Wildman–Crippen MR) is 89.2 cm³/mol. The van der Waals surface area contributed by atoms with Gasteiger partial charge in [-0.15, -0.1) is 0 Å². The summed E-state index contributed by atoms with van der Waals surface area (Å²) >= 11 is 0. The molecule has 8 heteroatoms. The van der Waals surface area contributed by atoms with Crippen molar-refractivity contribution in [1.82, 2.24) is 5.32 Å². The van der Waals surface area contributed by atoms with Gasteiger partial charge in [0.25, 0.3) is 0 Å². The molecule has 0 aliphatic heterocycles. The first-order valence-electron chi connectivity index (χ1n) is 8.34. The number of carbonyl (C=O) groups excluding carboxylic acids is 1. The summed E-state index contributed by atoms with van der Waals surface area (Å²) in [5.74, 6) is 0. The molecule has 0 aromatic heterocycles. The maximum atomic E-state index is 11.3. The lowest BCUT2D eigenvalue weighted by Gasteiger charge is -2.19. The van der Waals surface area contributed by atoms with Crippen LogP contribution in [0.5, 0.6) is 0 Å². The Morgan fingerprint density at radius 2 is 1.29 bits per heavy atom. The van der Waals surface area contributed by atoms with Crippen molar-refractivity contribution < 1.29 is 33.6 Å². The van der Waals surface area contributed by atoms with Crippen LogP contribution >= 0.6 is 0 Å². The van der Waals surface area contributed by atoms with Crippen molar-refractivity contribution in [3.8, 4) is 0 Å². The molecule has 0 spiro atoms. The largest absolute Gasteiger partial charge is 0.444 e. The van der Waals surface area contributed by atoms with E-state index in [4.69, 9.17) is 28.8 Å². The lowest BCUT2D eigenvalue weighted by Crippen LogP contribution is -2.34. The van der Waals surface area contributed by atoms with E-state index in [1.54, 1.807) is 0 Å². The fourth-order valence-electron chi connectivity index (χ4n) is 1.47. The fourth-order valence-corrected chi connectivity index (χ4v) is 1.47. The number of ether oxygens (including phenoxy) is 5. The summed E-state index contributed by atoms with van der Waals surface area (Å²) in [6.45, 7) is 9.92. The molecule has 2 N–H and O–H groups in total. The molecule has 0 aliphatic rings. The third-order valence-electron chi connectivity index (χ3n) is 2.48. The number of alkyl carbamates (subject to hydrolysis) is 1. The van der Waals surface area contributed by atoms with Crippen LogP contribution in [0.1, 0.15) is 27.2 Å². The average Bonchev–Trinajstić information content (AvgIpc) is 2.49. The summed E-state index contributed by atoms with van der Waals surface area (Å²) in [7, 11) is 0. The second-order valence-corrected chi connectivity index (χ2v) is 5.96. The molecule has 0 heterocycles. The van der Waals surface area contributed by atoms with Gasteiger partial charge in [-0.2, -0.15) is 0 Å². The van der Waals surface area contributed by atoms with Crippen molar-refractivity contribution in [3.63, 3.8) is 0 Å². The van der Waals surface area contributed by atoms with Crippen molar-refractivity contribution in [2.75, 3.05) is 66.0 Å². The molecular formula is C16H33NO7. The smallest absolute Gasteiger partial charge is 0.407 e. The van der Waals surface area contributed by atoms with Gasteiger partial charge >= 0.3 is 6.09 Å². The molecule has 0 unspecified atom stereocenters. The van der Waals surface area contributed by atoms with E-state index in [1.165, 1.54) is 0 Å². The van der Waals surface area contributed by atoms with Gasteiger partial charge < -0.3 is 34.1 Å².